The van der Waals surface area contributed by atoms with Crippen LogP contribution in [0, 0.1) is 5.82 Å². The van der Waals surface area contributed by atoms with E-state index in [2.05, 4.69) is 15.5 Å². The van der Waals surface area contributed by atoms with Gasteiger partial charge in [0, 0.05) is 16.5 Å². The van der Waals surface area contributed by atoms with Crippen molar-refractivity contribution in [2.24, 2.45) is 0 Å². The van der Waals surface area contributed by atoms with E-state index in [9.17, 15) is 4.39 Å². The molecule has 6 heteroatoms. The van der Waals surface area contributed by atoms with Gasteiger partial charge < -0.3 is 4.42 Å². The Labute approximate surface area is 128 Å². The first kappa shape index (κ1) is 15.9. The molecule has 0 aliphatic heterocycles. The van der Waals surface area contributed by atoms with Crippen LogP contribution < -0.4 is 5.32 Å². The predicted molar refractivity (Wildman–Crippen MR) is 79.7 cm³/mol. The van der Waals surface area contributed by atoms with E-state index in [0.717, 1.165) is 5.56 Å². The van der Waals surface area contributed by atoms with Gasteiger partial charge >= 0.3 is 0 Å². The van der Waals surface area contributed by atoms with Gasteiger partial charge in [-0.15, -0.1) is 10.2 Å². The fraction of sp³-hybridized carbons (Fsp3) is 0.467. The van der Waals surface area contributed by atoms with Crippen LogP contribution >= 0.6 is 11.6 Å². The lowest BCUT2D eigenvalue weighted by Gasteiger charge is -2.27. The molecule has 0 atom stereocenters. The smallest absolute Gasteiger partial charge is 0.230 e. The number of aromatic nitrogens is 2. The molecule has 1 heterocycles. The molecular formula is C15H19ClFN3O. The van der Waals surface area contributed by atoms with E-state index in [-0.39, 0.29) is 11.7 Å². The maximum atomic E-state index is 13.1. The molecule has 1 aromatic carbocycles. The molecule has 1 N–H and O–H groups in total. The second-order valence-electron chi connectivity index (χ2n) is 5.79. The number of rotatable bonds is 5. The summed E-state index contributed by atoms with van der Waals surface area (Å²) in [5.74, 6) is 0.984. The van der Waals surface area contributed by atoms with E-state index in [1.54, 1.807) is 6.07 Å². The number of hydrogen-bond acceptors (Lipinski definition) is 4. The Kier molecular flexibility index (Phi) is 4.64. The molecule has 0 spiro atoms. The van der Waals surface area contributed by atoms with Gasteiger partial charge in [-0.2, -0.15) is 0 Å². The van der Waals surface area contributed by atoms with E-state index in [1.807, 2.05) is 27.7 Å². The lowest BCUT2D eigenvalue weighted by atomic mass is 9.94. The molecule has 0 saturated carbocycles. The summed E-state index contributed by atoms with van der Waals surface area (Å²) in [4.78, 5) is 0. The Bertz CT molecular complexity index is 625. The Hall–Kier alpha value is -1.46. The standard InChI is InChI=1S/C15H19ClFN3O/c1-9(2)14-20-19-13(21-14)8-18-15(3,4)11-6-5-10(17)7-12(11)16/h5-7,9,18H,8H2,1-4H3. The third kappa shape index (κ3) is 3.80. The van der Waals surface area contributed by atoms with Crippen LogP contribution in [0.15, 0.2) is 22.6 Å². The third-order valence-electron chi connectivity index (χ3n) is 3.26. The fourth-order valence-corrected chi connectivity index (χ4v) is 2.36. The number of hydrogen-bond donors (Lipinski definition) is 1. The first-order chi connectivity index (χ1) is 9.79. The molecule has 0 fully saturated rings. The number of halogens is 2. The van der Waals surface area contributed by atoms with Crippen LogP contribution in [0.4, 0.5) is 4.39 Å². The first-order valence-electron chi connectivity index (χ1n) is 6.82. The van der Waals surface area contributed by atoms with Gasteiger partial charge in [0.1, 0.15) is 5.82 Å². The summed E-state index contributed by atoms with van der Waals surface area (Å²) in [7, 11) is 0. The van der Waals surface area contributed by atoms with Crippen molar-refractivity contribution in [3.8, 4) is 0 Å². The maximum Gasteiger partial charge on any atom is 0.230 e. The first-order valence-corrected chi connectivity index (χ1v) is 7.20. The summed E-state index contributed by atoms with van der Waals surface area (Å²) < 4.78 is 18.7. The van der Waals surface area contributed by atoms with Crippen molar-refractivity contribution < 1.29 is 8.81 Å². The molecule has 4 nitrogen and oxygen atoms in total. The van der Waals surface area contributed by atoms with Gasteiger partial charge in [0.25, 0.3) is 0 Å². The number of nitrogens with one attached hydrogen (secondary N) is 1. The highest BCUT2D eigenvalue weighted by Gasteiger charge is 2.24. The lowest BCUT2D eigenvalue weighted by molar-refractivity contribution is 0.353. The van der Waals surface area contributed by atoms with E-state index >= 15 is 0 Å². The van der Waals surface area contributed by atoms with Gasteiger partial charge in [0.2, 0.25) is 11.8 Å². The zero-order valence-electron chi connectivity index (χ0n) is 12.6. The van der Waals surface area contributed by atoms with Crippen LogP contribution in [-0.4, -0.2) is 10.2 Å². The van der Waals surface area contributed by atoms with Gasteiger partial charge in [0.05, 0.1) is 6.54 Å². The Morgan fingerprint density at radius 1 is 1.33 bits per heavy atom. The minimum absolute atomic E-state index is 0.200. The highest BCUT2D eigenvalue weighted by Crippen LogP contribution is 2.28. The minimum atomic E-state index is -0.447. The van der Waals surface area contributed by atoms with Gasteiger partial charge in [-0.1, -0.05) is 31.5 Å². The Morgan fingerprint density at radius 3 is 2.62 bits per heavy atom. The molecule has 114 valence electrons. The molecule has 2 aromatic rings. The molecular weight excluding hydrogens is 293 g/mol. The van der Waals surface area contributed by atoms with Crippen molar-refractivity contribution in [3.63, 3.8) is 0 Å². The minimum Gasteiger partial charge on any atom is -0.424 e. The predicted octanol–water partition coefficient (Wildman–Crippen LogP) is 4.01. The van der Waals surface area contributed by atoms with E-state index < -0.39 is 5.54 Å². The van der Waals surface area contributed by atoms with E-state index in [0.29, 0.717) is 23.3 Å². The normalized spacial score (nSPS) is 12.1. The SMILES string of the molecule is CC(C)c1nnc(CNC(C)(C)c2ccc(F)cc2Cl)o1. The van der Waals surface area contributed by atoms with Crippen LogP contribution in [0.3, 0.4) is 0 Å². The molecule has 0 aliphatic rings. The summed E-state index contributed by atoms with van der Waals surface area (Å²) in [6, 6.07) is 4.39. The topological polar surface area (TPSA) is 51.0 Å². The van der Waals surface area contributed by atoms with E-state index in [1.165, 1.54) is 12.1 Å². The largest absolute Gasteiger partial charge is 0.424 e. The monoisotopic (exact) mass is 311 g/mol. The summed E-state index contributed by atoms with van der Waals surface area (Å²) in [5.41, 5.74) is 0.367. The quantitative estimate of drug-likeness (QED) is 0.906. The van der Waals surface area contributed by atoms with Crippen LogP contribution in [0.25, 0.3) is 0 Å². The third-order valence-corrected chi connectivity index (χ3v) is 3.58. The Balaban J connectivity index is 2.09. The summed E-state index contributed by atoms with van der Waals surface area (Å²) in [5, 5.41) is 11.7. The number of nitrogens with zero attached hydrogens (tertiary/aromatic N) is 2. The highest BCUT2D eigenvalue weighted by molar-refractivity contribution is 6.31. The van der Waals surface area contributed by atoms with Crippen molar-refractivity contribution >= 4 is 11.6 Å². The van der Waals surface area contributed by atoms with Crippen LogP contribution in [0.5, 0.6) is 0 Å². The molecule has 1 aromatic heterocycles. The molecule has 0 radical (unpaired) electrons. The van der Waals surface area contributed by atoms with Crippen molar-refractivity contribution in [2.75, 3.05) is 0 Å². The van der Waals surface area contributed by atoms with Crippen LogP contribution in [-0.2, 0) is 12.1 Å². The maximum absolute atomic E-state index is 13.1. The molecule has 0 unspecified atom stereocenters. The summed E-state index contributed by atoms with van der Waals surface area (Å²) in [6.45, 7) is 8.33. The molecule has 0 bridgehead atoms. The summed E-state index contributed by atoms with van der Waals surface area (Å²) >= 11 is 6.11. The van der Waals surface area contributed by atoms with Gasteiger partial charge in [-0.05, 0) is 31.5 Å². The molecule has 2 rings (SSSR count). The average Bonchev–Trinajstić information content (AvgIpc) is 2.85. The van der Waals surface area contributed by atoms with Crippen LogP contribution in [0.1, 0.15) is 51.0 Å². The lowest BCUT2D eigenvalue weighted by Crippen LogP contribution is -2.36. The zero-order valence-corrected chi connectivity index (χ0v) is 13.3. The van der Waals surface area contributed by atoms with Crippen molar-refractivity contribution in [1.29, 1.82) is 0 Å². The van der Waals surface area contributed by atoms with Gasteiger partial charge in [-0.3, -0.25) is 5.32 Å². The second-order valence-corrected chi connectivity index (χ2v) is 6.20. The summed E-state index contributed by atoms with van der Waals surface area (Å²) in [6.07, 6.45) is 0. The fourth-order valence-electron chi connectivity index (χ4n) is 1.96. The zero-order chi connectivity index (χ0) is 15.6. The Morgan fingerprint density at radius 2 is 2.05 bits per heavy atom. The molecule has 0 aliphatic carbocycles. The van der Waals surface area contributed by atoms with Crippen molar-refractivity contribution in [1.82, 2.24) is 15.5 Å². The van der Waals surface area contributed by atoms with Gasteiger partial charge in [-0.25, -0.2) is 4.39 Å². The molecule has 21 heavy (non-hydrogen) atoms. The highest BCUT2D eigenvalue weighted by atomic mass is 35.5. The molecule has 0 amide bonds. The van der Waals surface area contributed by atoms with Crippen molar-refractivity contribution in [3.05, 3.63) is 46.4 Å². The number of benzene rings is 1. The van der Waals surface area contributed by atoms with E-state index in [4.69, 9.17) is 16.0 Å². The van der Waals surface area contributed by atoms with Crippen molar-refractivity contribution in [2.45, 2.75) is 45.7 Å². The average molecular weight is 312 g/mol. The van der Waals surface area contributed by atoms with Crippen LogP contribution in [0.2, 0.25) is 5.02 Å². The van der Waals surface area contributed by atoms with Gasteiger partial charge in [0.15, 0.2) is 0 Å². The molecule has 0 saturated heterocycles. The second kappa shape index (κ2) is 6.12.